The molecule has 15 heavy (non-hydrogen) atoms. The molecule has 0 aliphatic rings. The van der Waals surface area contributed by atoms with Crippen molar-refractivity contribution in [1.82, 2.24) is 9.38 Å². The topological polar surface area (TPSA) is 34.4 Å². The van der Waals surface area contributed by atoms with E-state index in [4.69, 9.17) is 0 Å². The van der Waals surface area contributed by atoms with Crippen LogP contribution in [0.2, 0.25) is 0 Å². The summed E-state index contributed by atoms with van der Waals surface area (Å²) in [6.07, 6.45) is 3.69. The van der Waals surface area contributed by atoms with E-state index < -0.39 is 0 Å². The fourth-order valence-corrected chi connectivity index (χ4v) is 1.65. The van der Waals surface area contributed by atoms with Gasteiger partial charge in [0.05, 0.1) is 11.7 Å². The lowest BCUT2D eigenvalue weighted by Gasteiger charge is -2.05. The van der Waals surface area contributed by atoms with Gasteiger partial charge in [-0.05, 0) is 19.1 Å². The molecule has 0 atom stereocenters. The molecule has 2 rings (SSSR count). The maximum atomic E-state index is 11.3. The molecule has 2 heterocycles. The van der Waals surface area contributed by atoms with Crippen LogP contribution in [0, 0.1) is 0 Å². The summed E-state index contributed by atoms with van der Waals surface area (Å²) >= 11 is 0. The highest BCUT2D eigenvalue weighted by Gasteiger charge is 2.08. The Hall–Kier alpha value is -1.64. The maximum Gasteiger partial charge on any atom is 0.161 e. The zero-order chi connectivity index (χ0) is 11.0. The monoisotopic (exact) mass is 202 g/mol. The van der Waals surface area contributed by atoms with Gasteiger partial charge >= 0.3 is 0 Å². The van der Waals surface area contributed by atoms with Crippen LogP contribution in [0.3, 0.4) is 0 Å². The van der Waals surface area contributed by atoms with E-state index in [0.29, 0.717) is 5.92 Å². The van der Waals surface area contributed by atoms with Gasteiger partial charge in [-0.3, -0.25) is 4.79 Å². The summed E-state index contributed by atoms with van der Waals surface area (Å²) in [4.78, 5) is 15.6. The number of imidazole rings is 1. The molecule has 0 spiro atoms. The molecule has 3 nitrogen and oxygen atoms in total. The van der Waals surface area contributed by atoms with Crippen LogP contribution < -0.4 is 0 Å². The molecular formula is C12H14N2O. The third-order valence-corrected chi connectivity index (χ3v) is 2.48. The highest BCUT2D eigenvalue weighted by Crippen LogP contribution is 2.16. The second-order valence-electron chi connectivity index (χ2n) is 4.04. The van der Waals surface area contributed by atoms with Gasteiger partial charge in [-0.2, -0.15) is 0 Å². The van der Waals surface area contributed by atoms with Crippen LogP contribution in [-0.2, 0) is 0 Å². The van der Waals surface area contributed by atoms with Crippen LogP contribution >= 0.6 is 0 Å². The number of pyridine rings is 1. The highest BCUT2D eigenvalue weighted by molar-refractivity contribution is 5.94. The third kappa shape index (κ3) is 1.65. The van der Waals surface area contributed by atoms with Gasteiger partial charge in [0, 0.05) is 17.7 Å². The predicted octanol–water partition coefficient (Wildman–Crippen LogP) is 2.66. The lowest BCUT2D eigenvalue weighted by molar-refractivity contribution is 0.101. The Kier molecular flexibility index (Phi) is 2.31. The fourth-order valence-electron chi connectivity index (χ4n) is 1.65. The zero-order valence-corrected chi connectivity index (χ0v) is 9.19. The number of Topliss-reactive ketones (excluding diaryl/α,β-unsaturated/α-hetero) is 1. The molecule has 78 valence electrons. The number of carbonyl (C=O) groups excluding carboxylic acids is 1. The van der Waals surface area contributed by atoms with E-state index in [1.54, 1.807) is 6.92 Å². The van der Waals surface area contributed by atoms with Crippen molar-refractivity contribution in [1.29, 1.82) is 0 Å². The van der Waals surface area contributed by atoms with E-state index in [1.807, 2.05) is 28.9 Å². The van der Waals surface area contributed by atoms with Gasteiger partial charge in [0.1, 0.15) is 5.82 Å². The van der Waals surface area contributed by atoms with Gasteiger partial charge in [0.2, 0.25) is 0 Å². The van der Waals surface area contributed by atoms with Crippen molar-refractivity contribution in [3.8, 4) is 0 Å². The van der Waals surface area contributed by atoms with Crippen LogP contribution in [0.25, 0.3) is 5.52 Å². The van der Waals surface area contributed by atoms with Gasteiger partial charge in [-0.15, -0.1) is 0 Å². The third-order valence-electron chi connectivity index (χ3n) is 2.48. The number of rotatable bonds is 2. The largest absolute Gasteiger partial charge is 0.303 e. The molecule has 0 saturated carbocycles. The van der Waals surface area contributed by atoms with E-state index >= 15 is 0 Å². The number of nitrogens with zero attached hydrogens (tertiary/aromatic N) is 2. The minimum Gasteiger partial charge on any atom is -0.303 e. The van der Waals surface area contributed by atoms with Gasteiger partial charge in [0.25, 0.3) is 0 Å². The number of hydrogen-bond donors (Lipinski definition) is 0. The first kappa shape index (κ1) is 9.90. The first-order valence-electron chi connectivity index (χ1n) is 5.07. The smallest absolute Gasteiger partial charge is 0.161 e. The second-order valence-corrected chi connectivity index (χ2v) is 4.04. The van der Waals surface area contributed by atoms with Crippen molar-refractivity contribution in [3.05, 3.63) is 35.9 Å². The fraction of sp³-hybridized carbons (Fsp3) is 0.333. The Morgan fingerprint density at radius 1 is 1.40 bits per heavy atom. The Bertz CT molecular complexity index is 511. The molecule has 0 N–H and O–H groups in total. The van der Waals surface area contributed by atoms with Crippen LogP contribution in [-0.4, -0.2) is 15.2 Å². The van der Waals surface area contributed by atoms with Crippen LogP contribution in [0.1, 0.15) is 42.9 Å². The molecule has 0 aromatic carbocycles. The lowest BCUT2D eigenvalue weighted by Crippen LogP contribution is -2.00. The summed E-state index contributed by atoms with van der Waals surface area (Å²) < 4.78 is 1.99. The minimum absolute atomic E-state index is 0.0836. The molecule has 0 radical (unpaired) electrons. The van der Waals surface area contributed by atoms with Crippen LogP contribution in [0.5, 0.6) is 0 Å². The van der Waals surface area contributed by atoms with E-state index in [9.17, 15) is 4.79 Å². The second kappa shape index (κ2) is 3.50. The van der Waals surface area contributed by atoms with Crippen molar-refractivity contribution >= 4 is 11.3 Å². The first-order valence-corrected chi connectivity index (χ1v) is 5.07. The number of ketones is 1. The molecule has 3 heteroatoms. The molecule has 0 unspecified atom stereocenters. The molecule has 0 aliphatic heterocycles. The summed E-state index contributed by atoms with van der Waals surface area (Å²) in [6.45, 7) is 5.76. The number of fused-ring (bicyclic) bond motifs is 1. The average Bonchev–Trinajstić information content (AvgIpc) is 2.59. The molecule has 2 aromatic rings. The average molecular weight is 202 g/mol. The summed E-state index contributed by atoms with van der Waals surface area (Å²) in [7, 11) is 0. The van der Waals surface area contributed by atoms with Gasteiger partial charge < -0.3 is 4.40 Å². The van der Waals surface area contributed by atoms with Crippen molar-refractivity contribution in [3.63, 3.8) is 0 Å². The lowest BCUT2D eigenvalue weighted by atomic mass is 10.2. The van der Waals surface area contributed by atoms with Gasteiger partial charge in [0.15, 0.2) is 5.78 Å². The Balaban J connectivity index is 2.66. The highest BCUT2D eigenvalue weighted by atomic mass is 16.1. The molecule has 0 saturated heterocycles. The summed E-state index contributed by atoms with van der Waals surface area (Å²) in [6, 6.07) is 3.76. The molecular weight excluding hydrogens is 188 g/mol. The van der Waals surface area contributed by atoms with E-state index in [1.165, 1.54) is 0 Å². The Labute approximate surface area is 88.8 Å². The molecule has 0 bridgehead atoms. The zero-order valence-electron chi connectivity index (χ0n) is 9.19. The van der Waals surface area contributed by atoms with Gasteiger partial charge in [-0.25, -0.2) is 4.98 Å². The Morgan fingerprint density at radius 3 is 2.73 bits per heavy atom. The van der Waals surface area contributed by atoms with Crippen molar-refractivity contribution in [2.75, 3.05) is 0 Å². The SMILES string of the molecule is CC(=O)c1ccc2cnc(C(C)C)n2c1. The number of aromatic nitrogens is 2. The standard InChI is InChI=1S/C12H14N2O/c1-8(2)12-13-6-11-5-4-10(9(3)15)7-14(11)12/h4-8H,1-3H3. The first-order chi connectivity index (χ1) is 7.09. The molecule has 0 aliphatic carbocycles. The quantitative estimate of drug-likeness (QED) is 0.701. The van der Waals surface area contributed by atoms with Crippen molar-refractivity contribution in [2.45, 2.75) is 26.7 Å². The van der Waals surface area contributed by atoms with Crippen LogP contribution in [0.4, 0.5) is 0 Å². The minimum atomic E-state index is 0.0836. The summed E-state index contributed by atoms with van der Waals surface area (Å²) in [5.41, 5.74) is 1.76. The summed E-state index contributed by atoms with van der Waals surface area (Å²) in [5, 5.41) is 0. The van der Waals surface area contributed by atoms with Crippen molar-refractivity contribution < 1.29 is 4.79 Å². The number of hydrogen-bond acceptors (Lipinski definition) is 2. The van der Waals surface area contributed by atoms with Crippen LogP contribution in [0.15, 0.2) is 24.5 Å². The van der Waals surface area contributed by atoms with E-state index in [-0.39, 0.29) is 5.78 Å². The summed E-state index contributed by atoms with van der Waals surface area (Å²) in [5.74, 6) is 1.43. The van der Waals surface area contributed by atoms with E-state index in [2.05, 4.69) is 18.8 Å². The molecule has 2 aromatic heterocycles. The molecule has 0 amide bonds. The normalized spacial score (nSPS) is 11.2. The Morgan fingerprint density at radius 2 is 2.13 bits per heavy atom. The predicted molar refractivity (Wildman–Crippen MR) is 59.3 cm³/mol. The molecule has 0 fully saturated rings. The maximum absolute atomic E-state index is 11.3. The number of carbonyl (C=O) groups is 1. The van der Waals surface area contributed by atoms with E-state index in [0.717, 1.165) is 16.9 Å². The van der Waals surface area contributed by atoms with Gasteiger partial charge in [-0.1, -0.05) is 13.8 Å². The van der Waals surface area contributed by atoms with Crippen molar-refractivity contribution in [2.24, 2.45) is 0 Å².